The van der Waals surface area contributed by atoms with Gasteiger partial charge in [-0.1, -0.05) is 48.5 Å². The number of aromatic nitrogens is 1. The number of alkyl halides is 3. The average Bonchev–Trinajstić information content (AvgIpc) is 2.94. The van der Waals surface area contributed by atoms with E-state index >= 15 is 0 Å². The van der Waals surface area contributed by atoms with E-state index in [1.165, 1.54) is 17.4 Å². The van der Waals surface area contributed by atoms with E-state index in [2.05, 4.69) is 10.3 Å². The van der Waals surface area contributed by atoms with Crippen molar-refractivity contribution in [1.29, 1.82) is 0 Å². The van der Waals surface area contributed by atoms with Crippen LogP contribution in [0.3, 0.4) is 0 Å². The molecular formula is C20H17F3N2OS. The maximum Gasteiger partial charge on any atom is 0.416 e. The highest BCUT2D eigenvalue weighted by Crippen LogP contribution is 2.31. The first-order valence-electron chi connectivity index (χ1n) is 8.27. The quantitative estimate of drug-likeness (QED) is 0.647. The zero-order valence-electron chi connectivity index (χ0n) is 14.5. The van der Waals surface area contributed by atoms with Gasteiger partial charge in [0.25, 0.3) is 0 Å². The first kappa shape index (κ1) is 19.1. The molecule has 1 aromatic heterocycles. The normalized spacial score (nSPS) is 11.4. The summed E-state index contributed by atoms with van der Waals surface area (Å²) in [6.07, 6.45) is -3.79. The maximum atomic E-state index is 12.9. The molecule has 0 bridgehead atoms. The van der Waals surface area contributed by atoms with Gasteiger partial charge in [-0.3, -0.25) is 4.79 Å². The van der Waals surface area contributed by atoms with Crippen molar-refractivity contribution in [3.63, 3.8) is 0 Å². The Morgan fingerprint density at radius 3 is 2.48 bits per heavy atom. The number of thiazole rings is 1. The number of aryl methyl sites for hydroxylation is 1. The van der Waals surface area contributed by atoms with Crippen molar-refractivity contribution in [1.82, 2.24) is 4.98 Å². The molecule has 3 nitrogen and oxygen atoms in total. The average molecular weight is 390 g/mol. The lowest BCUT2D eigenvalue weighted by Gasteiger charge is -2.08. The second-order valence-electron chi connectivity index (χ2n) is 6.11. The summed E-state index contributed by atoms with van der Waals surface area (Å²) in [6.45, 7) is 1.78. The number of anilines is 1. The maximum absolute atomic E-state index is 12.9. The van der Waals surface area contributed by atoms with Crippen LogP contribution in [-0.4, -0.2) is 10.9 Å². The van der Waals surface area contributed by atoms with Gasteiger partial charge in [-0.05, 0) is 24.1 Å². The molecule has 1 amide bonds. The Morgan fingerprint density at radius 2 is 1.78 bits per heavy atom. The number of hydrogen-bond acceptors (Lipinski definition) is 3. The third-order valence-electron chi connectivity index (χ3n) is 3.97. The fourth-order valence-corrected chi connectivity index (χ4v) is 3.65. The minimum absolute atomic E-state index is 0.180. The number of nitrogens with zero attached hydrogens (tertiary/aromatic N) is 1. The van der Waals surface area contributed by atoms with Crippen molar-refractivity contribution >= 4 is 22.4 Å². The Balaban J connectivity index is 1.69. The van der Waals surface area contributed by atoms with Crippen molar-refractivity contribution in [2.45, 2.75) is 25.9 Å². The van der Waals surface area contributed by atoms with Crippen LogP contribution in [0, 0.1) is 6.92 Å². The van der Waals surface area contributed by atoms with Crippen LogP contribution in [0.5, 0.6) is 0 Å². The van der Waals surface area contributed by atoms with E-state index in [4.69, 9.17) is 0 Å². The van der Waals surface area contributed by atoms with E-state index in [1.54, 1.807) is 13.0 Å². The van der Waals surface area contributed by atoms with E-state index in [0.29, 0.717) is 22.8 Å². The number of hydrogen-bond donors (Lipinski definition) is 1. The zero-order chi connectivity index (χ0) is 19.4. The molecule has 1 heterocycles. The molecule has 7 heteroatoms. The zero-order valence-corrected chi connectivity index (χ0v) is 15.3. The molecule has 0 unspecified atom stereocenters. The third-order valence-corrected chi connectivity index (χ3v) is 5.04. The van der Waals surface area contributed by atoms with Gasteiger partial charge in [0.2, 0.25) is 5.91 Å². The molecule has 0 saturated carbocycles. The summed E-state index contributed by atoms with van der Waals surface area (Å²) in [5.74, 6) is -0.180. The fourth-order valence-electron chi connectivity index (χ4n) is 2.63. The topological polar surface area (TPSA) is 42.0 Å². The molecule has 0 fully saturated rings. The predicted molar refractivity (Wildman–Crippen MR) is 99.9 cm³/mol. The van der Waals surface area contributed by atoms with Crippen LogP contribution < -0.4 is 5.32 Å². The van der Waals surface area contributed by atoms with Crippen LogP contribution in [-0.2, 0) is 23.8 Å². The summed E-state index contributed by atoms with van der Waals surface area (Å²) in [7, 11) is 0. The molecular weight excluding hydrogens is 373 g/mol. The minimum atomic E-state index is -4.37. The Kier molecular flexibility index (Phi) is 5.60. The largest absolute Gasteiger partial charge is 0.416 e. The van der Waals surface area contributed by atoms with Gasteiger partial charge in [0.05, 0.1) is 17.7 Å². The highest BCUT2D eigenvalue weighted by Gasteiger charge is 2.30. The summed E-state index contributed by atoms with van der Waals surface area (Å²) in [5, 5.41) is 3.22. The first-order chi connectivity index (χ1) is 12.8. The molecule has 1 N–H and O–H groups in total. The highest BCUT2D eigenvalue weighted by molar-refractivity contribution is 7.15. The Hall–Kier alpha value is -2.67. The SMILES string of the molecule is Cc1nc(NC(=O)Cc2ccccc2)sc1Cc1cccc(C(F)(F)F)c1. The lowest BCUT2D eigenvalue weighted by molar-refractivity contribution is -0.137. The van der Waals surface area contributed by atoms with Gasteiger partial charge < -0.3 is 5.32 Å². The smallest absolute Gasteiger partial charge is 0.302 e. The number of carbonyl (C=O) groups is 1. The van der Waals surface area contributed by atoms with Crippen molar-refractivity contribution in [3.8, 4) is 0 Å². The molecule has 0 aliphatic heterocycles. The van der Waals surface area contributed by atoms with Crippen molar-refractivity contribution in [3.05, 3.63) is 81.9 Å². The van der Waals surface area contributed by atoms with Gasteiger partial charge >= 0.3 is 6.18 Å². The number of rotatable bonds is 5. The molecule has 27 heavy (non-hydrogen) atoms. The van der Waals surface area contributed by atoms with E-state index in [0.717, 1.165) is 22.6 Å². The van der Waals surface area contributed by atoms with Crippen LogP contribution in [0.1, 0.15) is 27.3 Å². The van der Waals surface area contributed by atoms with Gasteiger partial charge in [0.15, 0.2) is 5.13 Å². The van der Waals surface area contributed by atoms with Gasteiger partial charge in [-0.15, -0.1) is 11.3 Å². The Labute approximate surface area is 158 Å². The van der Waals surface area contributed by atoms with Crippen LogP contribution >= 0.6 is 11.3 Å². The molecule has 0 aliphatic rings. The fraction of sp³-hybridized carbons (Fsp3) is 0.200. The van der Waals surface area contributed by atoms with Gasteiger partial charge in [0.1, 0.15) is 0 Å². The number of nitrogens with one attached hydrogen (secondary N) is 1. The number of amides is 1. The second kappa shape index (κ2) is 7.92. The summed E-state index contributed by atoms with van der Waals surface area (Å²) in [4.78, 5) is 17.3. The monoisotopic (exact) mass is 390 g/mol. The molecule has 140 valence electrons. The summed E-state index contributed by atoms with van der Waals surface area (Å²) >= 11 is 1.28. The van der Waals surface area contributed by atoms with E-state index < -0.39 is 11.7 Å². The van der Waals surface area contributed by atoms with Crippen molar-refractivity contribution < 1.29 is 18.0 Å². The van der Waals surface area contributed by atoms with Crippen molar-refractivity contribution in [2.24, 2.45) is 0 Å². The molecule has 0 atom stereocenters. The van der Waals surface area contributed by atoms with Gasteiger partial charge in [-0.25, -0.2) is 4.98 Å². The highest BCUT2D eigenvalue weighted by atomic mass is 32.1. The minimum Gasteiger partial charge on any atom is -0.302 e. The van der Waals surface area contributed by atoms with E-state index in [1.807, 2.05) is 30.3 Å². The van der Waals surface area contributed by atoms with E-state index in [9.17, 15) is 18.0 Å². The van der Waals surface area contributed by atoms with E-state index in [-0.39, 0.29) is 12.3 Å². The van der Waals surface area contributed by atoms with Crippen LogP contribution in [0.25, 0.3) is 0 Å². The molecule has 2 aromatic carbocycles. The Morgan fingerprint density at radius 1 is 1.07 bits per heavy atom. The predicted octanol–water partition coefficient (Wildman–Crippen LogP) is 5.24. The second-order valence-corrected chi connectivity index (χ2v) is 7.20. The van der Waals surface area contributed by atoms with Crippen LogP contribution in [0.4, 0.5) is 18.3 Å². The molecule has 0 saturated heterocycles. The molecule has 0 radical (unpaired) electrons. The summed E-state index contributed by atoms with van der Waals surface area (Å²) in [6, 6.07) is 14.6. The molecule has 3 rings (SSSR count). The lowest BCUT2D eigenvalue weighted by Crippen LogP contribution is -2.14. The Bertz CT molecular complexity index is 936. The first-order valence-corrected chi connectivity index (χ1v) is 9.09. The standard InChI is InChI=1S/C20H17F3N2OS/c1-13-17(11-15-8-5-9-16(10-15)20(21,22)23)27-19(24-13)25-18(26)12-14-6-3-2-4-7-14/h2-10H,11-12H2,1H3,(H,24,25,26). The molecule has 0 aliphatic carbocycles. The van der Waals surface area contributed by atoms with Crippen LogP contribution in [0.15, 0.2) is 54.6 Å². The third kappa shape index (κ3) is 5.17. The van der Waals surface area contributed by atoms with Gasteiger partial charge in [0, 0.05) is 11.3 Å². The summed E-state index contributed by atoms with van der Waals surface area (Å²) in [5.41, 5.74) is 1.48. The number of halogens is 3. The number of carbonyl (C=O) groups excluding carboxylic acids is 1. The van der Waals surface area contributed by atoms with Crippen molar-refractivity contribution in [2.75, 3.05) is 5.32 Å². The van der Waals surface area contributed by atoms with Gasteiger partial charge in [-0.2, -0.15) is 13.2 Å². The summed E-state index contributed by atoms with van der Waals surface area (Å²) < 4.78 is 38.6. The molecule has 0 spiro atoms. The lowest BCUT2D eigenvalue weighted by atomic mass is 10.1. The number of benzene rings is 2. The molecule has 3 aromatic rings. The van der Waals surface area contributed by atoms with Crippen LogP contribution in [0.2, 0.25) is 0 Å².